The Hall–Kier alpha value is -3.48. The average molecular weight is 434 g/mol. The topological polar surface area (TPSA) is 84.0 Å². The number of amides is 3. The van der Waals surface area contributed by atoms with Gasteiger partial charge in [0.05, 0.1) is 11.6 Å². The van der Waals surface area contributed by atoms with Crippen molar-refractivity contribution in [3.05, 3.63) is 53.1 Å². The number of para-hydroxylation sites is 1. The third-order valence-corrected chi connectivity index (χ3v) is 6.08. The van der Waals surface area contributed by atoms with E-state index in [0.29, 0.717) is 36.3 Å². The zero-order valence-electron chi connectivity index (χ0n) is 18.5. The van der Waals surface area contributed by atoms with Crippen molar-refractivity contribution in [3.63, 3.8) is 0 Å². The van der Waals surface area contributed by atoms with Gasteiger partial charge in [0.2, 0.25) is 17.7 Å². The van der Waals surface area contributed by atoms with Crippen LogP contribution in [-0.2, 0) is 19.2 Å². The maximum atomic E-state index is 12.8. The highest BCUT2D eigenvalue weighted by Gasteiger charge is 2.37. The van der Waals surface area contributed by atoms with Crippen LogP contribution in [0.25, 0.3) is 0 Å². The number of aryl methyl sites for hydroxylation is 3. The van der Waals surface area contributed by atoms with Crippen molar-refractivity contribution < 1.29 is 23.9 Å². The molecule has 0 aliphatic carbocycles. The number of carbonyl (C=O) groups is 4. The maximum Gasteiger partial charge on any atom is 0.316 e. The quantitative estimate of drug-likeness (QED) is 0.417. The molecule has 2 heterocycles. The second kappa shape index (κ2) is 8.57. The van der Waals surface area contributed by atoms with E-state index < -0.39 is 11.9 Å². The van der Waals surface area contributed by atoms with E-state index in [0.717, 1.165) is 16.8 Å². The van der Waals surface area contributed by atoms with E-state index in [2.05, 4.69) is 0 Å². The summed E-state index contributed by atoms with van der Waals surface area (Å²) >= 11 is 0. The number of anilines is 2. The van der Waals surface area contributed by atoms with Crippen molar-refractivity contribution in [1.82, 2.24) is 0 Å². The Morgan fingerprint density at radius 1 is 0.906 bits per heavy atom. The minimum absolute atomic E-state index is 0.0977. The standard InChI is InChI=1S/C25H26N2O5/c1-15-6-4-7-16(2)24(15)26-14-18(13-23(26)30)25(31)32-19-10-11-20(17(3)12-19)27-21(28)8-5-9-22(27)29/h4,6-7,10-12,18H,5,8-9,13-14H2,1-3H3/t18-/m1/s1. The Morgan fingerprint density at radius 3 is 2.19 bits per heavy atom. The van der Waals surface area contributed by atoms with Gasteiger partial charge in [-0.15, -0.1) is 0 Å². The van der Waals surface area contributed by atoms with Gasteiger partial charge < -0.3 is 9.64 Å². The van der Waals surface area contributed by atoms with Gasteiger partial charge in [0.25, 0.3) is 0 Å². The highest BCUT2D eigenvalue weighted by Crippen LogP contribution is 2.32. The smallest absolute Gasteiger partial charge is 0.316 e. The van der Waals surface area contributed by atoms with E-state index in [1.54, 1.807) is 30.0 Å². The second-order valence-electron chi connectivity index (χ2n) is 8.49. The molecule has 32 heavy (non-hydrogen) atoms. The Balaban J connectivity index is 1.48. The molecule has 166 valence electrons. The Kier molecular flexibility index (Phi) is 5.82. The summed E-state index contributed by atoms with van der Waals surface area (Å²) in [7, 11) is 0. The summed E-state index contributed by atoms with van der Waals surface area (Å²) in [4.78, 5) is 52.7. The van der Waals surface area contributed by atoms with E-state index in [4.69, 9.17) is 4.74 Å². The zero-order chi connectivity index (χ0) is 23.0. The van der Waals surface area contributed by atoms with Crippen LogP contribution in [0.5, 0.6) is 5.75 Å². The number of rotatable bonds is 4. The summed E-state index contributed by atoms with van der Waals surface area (Å²) in [5, 5.41) is 0. The SMILES string of the molecule is Cc1cc(OC(=O)[C@@H]2CC(=O)N(c3c(C)cccc3C)C2)ccc1N1C(=O)CCCC1=O. The molecule has 1 atom stereocenters. The van der Waals surface area contributed by atoms with Gasteiger partial charge in [-0.3, -0.25) is 24.1 Å². The van der Waals surface area contributed by atoms with Crippen LogP contribution in [0.3, 0.4) is 0 Å². The molecular formula is C25H26N2O5. The molecule has 7 nitrogen and oxygen atoms in total. The molecule has 2 fully saturated rings. The monoisotopic (exact) mass is 434 g/mol. The van der Waals surface area contributed by atoms with Crippen molar-refractivity contribution in [2.24, 2.45) is 5.92 Å². The van der Waals surface area contributed by atoms with E-state index >= 15 is 0 Å². The molecule has 0 radical (unpaired) electrons. The molecule has 0 unspecified atom stereocenters. The molecule has 0 spiro atoms. The molecule has 0 bridgehead atoms. The van der Waals surface area contributed by atoms with Crippen LogP contribution < -0.4 is 14.5 Å². The molecule has 2 aromatic rings. The van der Waals surface area contributed by atoms with Gasteiger partial charge in [0.15, 0.2) is 0 Å². The van der Waals surface area contributed by atoms with Gasteiger partial charge >= 0.3 is 5.97 Å². The molecule has 4 rings (SSSR count). The van der Waals surface area contributed by atoms with E-state index in [1.165, 1.54) is 4.90 Å². The van der Waals surface area contributed by atoms with Gasteiger partial charge in [-0.05, 0) is 62.1 Å². The number of piperidine rings is 1. The molecule has 3 amide bonds. The lowest BCUT2D eigenvalue weighted by molar-refractivity contribution is -0.139. The lowest BCUT2D eigenvalue weighted by atomic mass is 10.1. The van der Waals surface area contributed by atoms with Gasteiger partial charge in [-0.1, -0.05) is 18.2 Å². The van der Waals surface area contributed by atoms with Gasteiger partial charge in [-0.25, -0.2) is 0 Å². The minimum Gasteiger partial charge on any atom is -0.426 e. The predicted molar refractivity (Wildman–Crippen MR) is 120 cm³/mol. The first-order chi connectivity index (χ1) is 15.3. The molecule has 2 aromatic carbocycles. The fourth-order valence-electron chi connectivity index (χ4n) is 4.48. The highest BCUT2D eigenvalue weighted by molar-refractivity contribution is 6.16. The molecule has 2 aliphatic heterocycles. The minimum atomic E-state index is -0.563. The van der Waals surface area contributed by atoms with Crippen LogP contribution in [0.4, 0.5) is 11.4 Å². The number of carbonyl (C=O) groups excluding carboxylic acids is 4. The van der Waals surface area contributed by atoms with Crippen LogP contribution in [0.15, 0.2) is 36.4 Å². The lowest BCUT2D eigenvalue weighted by Gasteiger charge is -2.26. The summed E-state index contributed by atoms with van der Waals surface area (Å²) in [5.41, 5.74) is 4.00. The fraction of sp³-hybridized carbons (Fsp3) is 0.360. The van der Waals surface area contributed by atoms with E-state index in [9.17, 15) is 19.2 Å². The first kappa shape index (κ1) is 21.7. The van der Waals surface area contributed by atoms with Crippen molar-refractivity contribution in [1.29, 1.82) is 0 Å². The number of esters is 1. The van der Waals surface area contributed by atoms with Gasteiger partial charge in [0.1, 0.15) is 5.75 Å². The molecule has 0 aromatic heterocycles. The molecule has 2 saturated heterocycles. The van der Waals surface area contributed by atoms with Crippen LogP contribution >= 0.6 is 0 Å². The van der Waals surface area contributed by atoms with Crippen LogP contribution in [0, 0.1) is 26.7 Å². The lowest BCUT2D eigenvalue weighted by Crippen LogP contribution is -2.40. The van der Waals surface area contributed by atoms with Gasteiger partial charge in [0, 0.05) is 31.5 Å². The second-order valence-corrected chi connectivity index (χ2v) is 8.49. The normalized spacial score (nSPS) is 19.0. The summed E-state index contributed by atoms with van der Waals surface area (Å²) in [6.45, 7) is 5.94. The molecule has 0 saturated carbocycles. The number of imide groups is 1. The summed E-state index contributed by atoms with van der Waals surface area (Å²) in [6, 6.07) is 10.7. The molecular weight excluding hydrogens is 408 g/mol. The number of hydrogen-bond acceptors (Lipinski definition) is 5. The van der Waals surface area contributed by atoms with Crippen molar-refractivity contribution >= 4 is 35.1 Å². The Bertz CT molecular complexity index is 1090. The third kappa shape index (κ3) is 4.02. The fourth-order valence-corrected chi connectivity index (χ4v) is 4.48. The highest BCUT2D eigenvalue weighted by atomic mass is 16.5. The summed E-state index contributed by atoms with van der Waals surface area (Å²) in [5.74, 6) is -1.24. The predicted octanol–water partition coefficient (Wildman–Crippen LogP) is 3.61. The van der Waals surface area contributed by atoms with Crippen molar-refractivity contribution in [3.8, 4) is 5.75 Å². The molecule has 2 aliphatic rings. The van der Waals surface area contributed by atoms with Crippen molar-refractivity contribution in [2.75, 3.05) is 16.3 Å². The largest absolute Gasteiger partial charge is 0.426 e. The Labute approximate surface area is 187 Å². The van der Waals surface area contributed by atoms with Gasteiger partial charge in [-0.2, -0.15) is 0 Å². The average Bonchev–Trinajstić information content (AvgIpc) is 3.11. The third-order valence-electron chi connectivity index (χ3n) is 6.08. The zero-order valence-corrected chi connectivity index (χ0v) is 18.5. The van der Waals surface area contributed by atoms with Crippen LogP contribution in [-0.4, -0.2) is 30.2 Å². The Morgan fingerprint density at radius 2 is 1.56 bits per heavy atom. The summed E-state index contributed by atoms with van der Waals surface area (Å²) in [6.07, 6.45) is 1.35. The number of benzene rings is 2. The number of nitrogens with zero attached hydrogens (tertiary/aromatic N) is 2. The van der Waals surface area contributed by atoms with Crippen LogP contribution in [0.2, 0.25) is 0 Å². The van der Waals surface area contributed by atoms with Crippen LogP contribution in [0.1, 0.15) is 42.4 Å². The number of hydrogen-bond donors (Lipinski definition) is 0. The first-order valence-corrected chi connectivity index (χ1v) is 10.8. The molecule has 7 heteroatoms. The van der Waals surface area contributed by atoms with E-state index in [-0.39, 0.29) is 30.7 Å². The summed E-state index contributed by atoms with van der Waals surface area (Å²) < 4.78 is 5.56. The molecule has 0 N–H and O–H groups in total. The van der Waals surface area contributed by atoms with Crippen molar-refractivity contribution in [2.45, 2.75) is 46.5 Å². The maximum absolute atomic E-state index is 12.8. The first-order valence-electron chi connectivity index (χ1n) is 10.8. The van der Waals surface area contributed by atoms with E-state index in [1.807, 2.05) is 32.0 Å². The number of ether oxygens (including phenoxy) is 1.